The molecule has 0 spiro atoms. The summed E-state index contributed by atoms with van der Waals surface area (Å²) in [6.07, 6.45) is 2.99. The number of rotatable bonds is 8. The summed E-state index contributed by atoms with van der Waals surface area (Å²) in [5.74, 6) is -1.23. The molecule has 7 nitrogen and oxygen atoms in total. The fourth-order valence-electron chi connectivity index (χ4n) is 5.20. The SMILES string of the molecule is CCC[C@@H](CC(=O)N1CCCC[C@H]1C(=O)O)NC(=O)OCC1c2ccccc2-c2ccccc21. The molecule has 0 radical (unpaired) electrons. The summed E-state index contributed by atoms with van der Waals surface area (Å²) in [7, 11) is 0. The third kappa shape index (κ3) is 5.08. The van der Waals surface area contributed by atoms with Gasteiger partial charge in [-0.15, -0.1) is 0 Å². The topological polar surface area (TPSA) is 95.9 Å². The maximum Gasteiger partial charge on any atom is 0.407 e. The molecule has 2 atom stereocenters. The number of nitrogens with zero attached hydrogens (tertiary/aromatic N) is 1. The number of nitrogens with one attached hydrogen (secondary N) is 1. The van der Waals surface area contributed by atoms with E-state index in [2.05, 4.69) is 29.6 Å². The number of amides is 2. The van der Waals surface area contributed by atoms with Crippen molar-refractivity contribution < 1.29 is 24.2 Å². The molecule has 0 bridgehead atoms. The lowest BCUT2D eigenvalue weighted by Gasteiger charge is -2.34. The van der Waals surface area contributed by atoms with Crippen molar-refractivity contribution >= 4 is 18.0 Å². The van der Waals surface area contributed by atoms with Gasteiger partial charge in [0, 0.05) is 24.9 Å². The Balaban J connectivity index is 1.37. The largest absolute Gasteiger partial charge is 0.480 e. The number of benzene rings is 2. The van der Waals surface area contributed by atoms with Gasteiger partial charge in [-0.25, -0.2) is 9.59 Å². The van der Waals surface area contributed by atoms with E-state index in [1.807, 2.05) is 31.2 Å². The zero-order valence-electron chi connectivity index (χ0n) is 19.5. The third-order valence-electron chi connectivity index (χ3n) is 6.83. The standard InChI is InChI=1S/C27H32N2O5/c1-2-9-18(16-25(30)29-15-8-7-14-24(29)26(31)32)28-27(33)34-17-23-21-12-5-3-10-19(21)20-11-4-6-13-22(20)23/h3-6,10-13,18,23-24H,2,7-9,14-17H2,1H3,(H,28,33)(H,31,32)/t18-,24-/m0/s1. The smallest absolute Gasteiger partial charge is 0.407 e. The van der Waals surface area contributed by atoms with Crippen LogP contribution in [0.2, 0.25) is 0 Å². The molecule has 4 rings (SSSR count). The van der Waals surface area contributed by atoms with E-state index in [1.165, 1.54) is 4.90 Å². The number of ether oxygens (including phenoxy) is 1. The van der Waals surface area contributed by atoms with Crippen molar-refractivity contribution in [3.63, 3.8) is 0 Å². The molecule has 1 fully saturated rings. The molecule has 2 aromatic carbocycles. The number of hydrogen-bond donors (Lipinski definition) is 2. The molecule has 1 aliphatic carbocycles. The van der Waals surface area contributed by atoms with Crippen LogP contribution in [0, 0.1) is 0 Å². The molecule has 2 amide bonds. The molecule has 0 saturated carbocycles. The molecule has 34 heavy (non-hydrogen) atoms. The number of carbonyl (C=O) groups is 3. The van der Waals surface area contributed by atoms with E-state index < -0.39 is 24.1 Å². The number of hydrogen-bond acceptors (Lipinski definition) is 4. The van der Waals surface area contributed by atoms with Crippen LogP contribution >= 0.6 is 0 Å². The number of fused-ring (bicyclic) bond motifs is 3. The highest BCUT2D eigenvalue weighted by molar-refractivity contribution is 5.84. The lowest BCUT2D eigenvalue weighted by Crippen LogP contribution is -2.50. The van der Waals surface area contributed by atoms with Crippen LogP contribution in [0.25, 0.3) is 11.1 Å². The van der Waals surface area contributed by atoms with E-state index in [4.69, 9.17) is 4.74 Å². The summed E-state index contributed by atoms with van der Waals surface area (Å²) in [6.45, 7) is 2.64. The van der Waals surface area contributed by atoms with Crippen LogP contribution in [0.15, 0.2) is 48.5 Å². The predicted molar refractivity (Wildman–Crippen MR) is 129 cm³/mol. The molecule has 2 aliphatic rings. The van der Waals surface area contributed by atoms with E-state index in [0.29, 0.717) is 19.4 Å². The minimum atomic E-state index is -0.968. The van der Waals surface area contributed by atoms with Gasteiger partial charge in [-0.3, -0.25) is 4.79 Å². The van der Waals surface area contributed by atoms with E-state index in [9.17, 15) is 19.5 Å². The van der Waals surface area contributed by atoms with Gasteiger partial charge in [-0.1, -0.05) is 61.9 Å². The van der Waals surface area contributed by atoms with E-state index in [0.717, 1.165) is 41.5 Å². The first kappa shape index (κ1) is 23.8. The summed E-state index contributed by atoms with van der Waals surface area (Å²) >= 11 is 0. The lowest BCUT2D eigenvalue weighted by molar-refractivity contribution is -0.152. The summed E-state index contributed by atoms with van der Waals surface area (Å²) in [5, 5.41) is 12.3. The average molecular weight is 465 g/mol. The van der Waals surface area contributed by atoms with Gasteiger partial charge in [0.15, 0.2) is 0 Å². The second kappa shape index (κ2) is 10.7. The van der Waals surface area contributed by atoms with E-state index >= 15 is 0 Å². The first-order valence-corrected chi connectivity index (χ1v) is 12.1. The number of aliphatic carboxylic acids is 1. The number of piperidine rings is 1. The minimum Gasteiger partial charge on any atom is -0.480 e. The maximum absolute atomic E-state index is 12.9. The van der Waals surface area contributed by atoms with Crippen LogP contribution < -0.4 is 5.32 Å². The first-order chi connectivity index (χ1) is 16.5. The molecule has 2 aromatic rings. The Hall–Kier alpha value is -3.35. The van der Waals surface area contributed by atoms with Gasteiger partial charge < -0.3 is 20.1 Å². The van der Waals surface area contributed by atoms with Gasteiger partial charge >= 0.3 is 12.1 Å². The van der Waals surface area contributed by atoms with Crippen LogP contribution in [0.1, 0.15) is 62.5 Å². The third-order valence-corrected chi connectivity index (χ3v) is 6.83. The van der Waals surface area contributed by atoms with E-state index in [1.54, 1.807) is 0 Å². The predicted octanol–water partition coefficient (Wildman–Crippen LogP) is 4.55. The molecule has 0 aromatic heterocycles. The van der Waals surface area contributed by atoms with Crippen molar-refractivity contribution in [2.24, 2.45) is 0 Å². The highest BCUT2D eigenvalue weighted by Gasteiger charge is 2.33. The Morgan fingerprint density at radius 1 is 1.06 bits per heavy atom. The molecule has 7 heteroatoms. The van der Waals surface area contributed by atoms with Crippen LogP contribution in [0.3, 0.4) is 0 Å². The maximum atomic E-state index is 12.9. The number of carboxylic acid groups (broad SMARTS) is 1. The molecule has 2 N–H and O–H groups in total. The Bertz CT molecular complexity index is 1010. The number of likely N-dealkylation sites (tertiary alicyclic amines) is 1. The zero-order valence-corrected chi connectivity index (χ0v) is 19.5. The van der Waals surface area contributed by atoms with Crippen molar-refractivity contribution in [3.05, 3.63) is 59.7 Å². The first-order valence-electron chi connectivity index (χ1n) is 12.1. The molecule has 1 saturated heterocycles. The molecule has 0 unspecified atom stereocenters. The summed E-state index contributed by atoms with van der Waals surface area (Å²) < 4.78 is 5.63. The number of alkyl carbamates (subject to hydrolysis) is 1. The monoisotopic (exact) mass is 464 g/mol. The number of carboxylic acids is 1. The Morgan fingerprint density at radius 3 is 2.32 bits per heavy atom. The highest BCUT2D eigenvalue weighted by Crippen LogP contribution is 2.44. The molecular weight excluding hydrogens is 432 g/mol. The van der Waals surface area contributed by atoms with Crippen LogP contribution in [0.5, 0.6) is 0 Å². The summed E-state index contributed by atoms with van der Waals surface area (Å²) in [4.78, 5) is 38.6. The fraction of sp³-hybridized carbons (Fsp3) is 0.444. The second-order valence-corrected chi connectivity index (χ2v) is 9.10. The highest BCUT2D eigenvalue weighted by atomic mass is 16.5. The molecule has 1 heterocycles. The van der Waals surface area contributed by atoms with Gasteiger partial charge in [-0.2, -0.15) is 0 Å². The van der Waals surface area contributed by atoms with Crippen LogP contribution in [-0.4, -0.2) is 53.2 Å². The normalized spacial score (nSPS) is 18.0. The average Bonchev–Trinajstić information content (AvgIpc) is 3.16. The van der Waals surface area contributed by atoms with Gasteiger partial charge in [0.25, 0.3) is 0 Å². The van der Waals surface area contributed by atoms with Gasteiger partial charge in [0.05, 0.1) is 0 Å². The van der Waals surface area contributed by atoms with E-state index in [-0.39, 0.29) is 24.9 Å². The van der Waals surface area contributed by atoms with Gasteiger partial charge in [0.2, 0.25) is 5.91 Å². The van der Waals surface area contributed by atoms with Crippen LogP contribution in [0.4, 0.5) is 4.79 Å². The molecule has 180 valence electrons. The van der Waals surface area contributed by atoms with Crippen molar-refractivity contribution in [1.29, 1.82) is 0 Å². The number of carbonyl (C=O) groups excluding carboxylic acids is 2. The van der Waals surface area contributed by atoms with Crippen molar-refractivity contribution in [1.82, 2.24) is 10.2 Å². The van der Waals surface area contributed by atoms with Crippen molar-refractivity contribution in [2.75, 3.05) is 13.2 Å². The summed E-state index contributed by atoms with van der Waals surface area (Å²) in [5.41, 5.74) is 4.61. The fourth-order valence-corrected chi connectivity index (χ4v) is 5.20. The van der Waals surface area contributed by atoms with Crippen molar-refractivity contribution in [2.45, 2.75) is 63.5 Å². The molecule has 1 aliphatic heterocycles. The second-order valence-electron chi connectivity index (χ2n) is 9.10. The Labute approximate surface area is 200 Å². The Morgan fingerprint density at radius 2 is 1.71 bits per heavy atom. The lowest BCUT2D eigenvalue weighted by atomic mass is 9.98. The quantitative estimate of drug-likeness (QED) is 0.598. The van der Waals surface area contributed by atoms with Gasteiger partial charge in [-0.05, 0) is 47.9 Å². The van der Waals surface area contributed by atoms with Crippen LogP contribution in [-0.2, 0) is 14.3 Å². The zero-order chi connectivity index (χ0) is 24.1. The summed E-state index contributed by atoms with van der Waals surface area (Å²) in [6, 6.07) is 15.1. The van der Waals surface area contributed by atoms with Gasteiger partial charge in [0.1, 0.15) is 12.6 Å². The Kier molecular flexibility index (Phi) is 7.50. The molecular formula is C27H32N2O5. The van der Waals surface area contributed by atoms with Crippen molar-refractivity contribution in [3.8, 4) is 11.1 Å². The minimum absolute atomic E-state index is 0.0333.